The summed E-state index contributed by atoms with van der Waals surface area (Å²) in [5.41, 5.74) is 1.30. The highest BCUT2D eigenvalue weighted by Gasteiger charge is 2.25. The van der Waals surface area contributed by atoms with E-state index in [9.17, 15) is 8.78 Å². The lowest BCUT2D eigenvalue weighted by Gasteiger charge is -2.32. The molecule has 0 amide bonds. The standard InChI is InChI=1S/C26H34F2/c1-2-18-3-5-19(6-4-18)7-8-20-9-11-21(12-10-20)22-13-15-24-23(17-22)14-16-25(27)26(24)28/h13-21H,2-12H2,1H3/t18-,19-,20-,21-. The summed E-state index contributed by atoms with van der Waals surface area (Å²) in [5.74, 6) is 1.97. The molecular formula is C26H34F2. The van der Waals surface area contributed by atoms with E-state index in [2.05, 4.69) is 13.0 Å². The minimum Gasteiger partial charge on any atom is -0.204 e. The summed E-state index contributed by atoms with van der Waals surface area (Å²) < 4.78 is 27.3. The lowest BCUT2D eigenvalue weighted by molar-refractivity contribution is 0.227. The van der Waals surface area contributed by atoms with Crippen molar-refractivity contribution >= 4 is 10.8 Å². The van der Waals surface area contributed by atoms with Gasteiger partial charge in [-0.25, -0.2) is 8.78 Å². The third kappa shape index (κ3) is 4.42. The van der Waals surface area contributed by atoms with Crippen LogP contribution in [0.5, 0.6) is 0 Å². The first-order valence-electron chi connectivity index (χ1n) is 11.5. The van der Waals surface area contributed by atoms with Crippen molar-refractivity contribution in [1.29, 1.82) is 0 Å². The van der Waals surface area contributed by atoms with Gasteiger partial charge in [-0.05, 0) is 66.4 Å². The molecule has 2 heteroatoms. The maximum absolute atomic E-state index is 13.9. The van der Waals surface area contributed by atoms with Crippen molar-refractivity contribution in [2.45, 2.75) is 83.5 Å². The van der Waals surface area contributed by atoms with Crippen LogP contribution in [0.4, 0.5) is 8.78 Å². The fraction of sp³-hybridized carbons (Fsp3) is 0.615. The molecule has 2 saturated carbocycles. The summed E-state index contributed by atoms with van der Waals surface area (Å²) >= 11 is 0. The second-order valence-corrected chi connectivity index (χ2v) is 9.43. The SMILES string of the molecule is CC[C@H]1CC[C@H](CC[C@H]2CC[C@H](c3ccc4c(F)c(F)ccc4c3)CC2)CC1. The zero-order valence-electron chi connectivity index (χ0n) is 17.2. The normalized spacial score (nSPS) is 28.5. The molecule has 0 bridgehead atoms. The molecule has 0 radical (unpaired) electrons. The number of rotatable bonds is 5. The highest BCUT2D eigenvalue weighted by molar-refractivity contribution is 5.84. The molecule has 0 spiro atoms. The van der Waals surface area contributed by atoms with E-state index in [-0.39, 0.29) is 0 Å². The van der Waals surface area contributed by atoms with E-state index in [0.717, 1.165) is 23.1 Å². The average molecular weight is 385 g/mol. The van der Waals surface area contributed by atoms with E-state index in [4.69, 9.17) is 0 Å². The van der Waals surface area contributed by atoms with Crippen molar-refractivity contribution in [2.75, 3.05) is 0 Å². The van der Waals surface area contributed by atoms with E-state index < -0.39 is 11.6 Å². The molecule has 0 unspecified atom stereocenters. The molecule has 2 aromatic carbocycles. The molecule has 0 atom stereocenters. The van der Waals surface area contributed by atoms with Crippen molar-refractivity contribution < 1.29 is 8.78 Å². The van der Waals surface area contributed by atoms with Gasteiger partial charge < -0.3 is 0 Å². The number of hydrogen-bond acceptors (Lipinski definition) is 0. The van der Waals surface area contributed by atoms with Gasteiger partial charge in [0.05, 0.1) is 0 Å². The van der Waals surface area contributed by atoms with Gasteiger partial charge >= 0.3 is 0 Å². The predicted octanol–water partition coefficient (Wildman–Crippen LogP) is 8.39. The molecular weight excluding hydrogens is 350 g/mol. The molecule has 0 saturated heterocycles. The summed E-state index contributed by atoms with van der Waals surface area (Å²) in [6, 6.07) is 8.81. The fourth-order valence-corrected chi connectivity index (χ4v) is 5.72. The van der Waals surface area contributed by atoms with Crippen LogP contribution in [0.1, 0.15) is 89.0 Å². The summed E-state index contributed by atoms with van der Waals surface area (Å²) in [6.07, 6.45) is 15.2. The maximum Gasteiger partial charge on any atom is 0.166 e. The Kier molecular flexibility index (Phi) is 6.33. The highest BCUT2D eigenvalue weighted by Crippen LogP contribution is 2.40. The van der Waals surface area contributed by atoms with Crippen LogP contribution in [-0.4, -0.2) is 0 Å². The molecule has 0 aromatic heterocycles. The quantitative estimate of drug-likeness (QED) is 0.485. The molecule has 2 aliphatic carbocycles. The lowest BCUT2D eigenvalue weighted by atomic mass is 9.74. The molecule has 0 N–H and O–H groups in total. The minimum atomic E-state index is -0.760. The van der Waals surface area contributed by atoms with E-state index in [1.807, 2.05) is 6.07 Å². The summed E-state index contributed by atoms with van der Waals surface area (Å²) in [4.78, 5) is 0. The van der Waals surface area contributed by atoms with Crippen molar-refractivity contribution in [1.82, 2.24) is 0 Å². The van der Waals surface area contributed by atoms with Crippen LogP contribution in [0.15, 0.2) is 30.3 Å². The van der Waals surface area contributed by atoms with Crippen LogP contribution >= 0.6 is 0 Å². The fourth-order valence-electron chi connectivity index (χ4n) is 5.72. The van der Waals surface area contributed by atoms with Crippen molar-refractivity contribution in [3.05, 3.63) is 47.5 Å². The van der Waals surface area contributed by atoms with Gasteiger partial charge in [-0.2, -0.15) is 0 Å². The number of halogens is 2. The third-order valence-electron chi connectivity index (χ3n) is 7.78. The Hall–Kier alpha value is -1.44. The maximum atomic E-state index is 13.9. The Bertz CT molecular complexity index is 780. The Balaban J connectivity index is 1.28. The minimum absolute atomic E-state index is 0.398. The Morgan fingerprint density at radius 2 is 1.36 bits per heavy atom. The van der Waals surface area contributed by atoms with Crippen LogP contribution in [0.2, 0.25) is 0 Å². The molecule has 0 nitrogen and oxygen atoms in total. The molecule has 0 aliphatic heterocycles. The third-order valence-corrected chi connectivity index (χ3v) is 7.78. The number of hydrogen-bond donors (Lipinski definition) is 0. The molecule has 2 aliphatic rings. The molecule has 2 fully saturated rings. The zero-order chi connectivity index (χ0) is 19.5. The van der Waals surface area contributed by atoms with Gasteiger partial charge in [0, 0.05) is 5.39 Å². The molecule has 4 rings (SSSR count). The first kappa shape index (κ1) is 19.9. The van der Waals surface area contributed by atoms with Crippen LogP contribution in [0.25, 0.3) is 10.8 Å². The van der Waals surface area contributed by atoms with Crippen molar-refractivity contribution in [2.24, 2.45) is 17.8 Å². The van der Waals surface area contributed by atoms with Crippen LogP contribution in [0.3, 0.4) is 0 Å². The summed E-state index contributed by atoms with van der Waals surface area (Å²) in [7, 11) is 0. The van der Waals surface area contributed by atoms with Gasteiger partial charge in [0.25, 0.3) is 0 Å². The zero-order valence-corrected chi connectivity index (χ0v) is 17.2. The summed E-state index contributed by atoms with van der Waals surface area (Å²) in [5, 5.41) is 1.22. The van der Waals surface area contributed by atoms with Gasteiger partial charge in [-0.1, -0.05) is 76.1 Å². The molecule has 152 valence electrons. The van der Waals surface area contributed by atoms with Gasteiger partial charge in [0.15, 0.2) is 11.6 Å². The smallest absolute Gasteiger partial charge is 0.166 e. The van der Waals surface area contributed by atoms with Gasteiger partial charge in [0.2, 0.25) is 0 Å². The largest absolute Gasteiger partial charge is 0.204 e. The second-order valence-electron chi connectivity index (χ2n) is 9.43. The van der Waals surface area contributed by atoms with Gasteiger partial charge in [-0.3, -0.25) is 0 Å². The van der Waals surface area contributed by atoms with Gasteiger partial charge in [0.1, 0.15) is 0 Å². The second kappa shape index (κ2) is 8.93. The van der Waals surface area contributed by atoms with E-state index >= 15 is 0 Å². The molecule has 28 heavy (non-hydrogen) atoms. The lowest BCUT2D eigenvalue weighted by Crippen LogP contribution is -2.17. The first-order chi connectivity index (χ1) is 13.6. The van der Waals surface area contributed by atoms with E-state index in [1.165, 1.54) is 82.3 Å². The van der Waals surface area contributed by atoms with E-state index in [1.54, 1.807) is 12.1 Å². The molecule has 0 heterocycles. The first-order valence-corrected chi connectivity index (χ1v) is 11.5. The Labute approximate surface area is 168 Å². The Morgan fingerprint density at radius 3 is 2.00 bits per heavy atom. The Morgan fingerprint density at radius 1 is 0.750 bits per heavy atom. The average Bonchev–Trinajstić information content (AvgIpc) is 2.75. The topological polar surface area (TPSA) is 0 Å². The van der Waals surface area contributed by atoms with Crippen LogP contribution in [-0.2, 0) is 0 Å². The number of fused-ring (bicyclic) bond motifs is 1. The van der Waals surface area contributed by atoms with Crippen molar-refractivity contribution in [3.63, 3.8) is 0 Å². The van der Waals surface area contributed by atoms with Crippen molar-refractivity contribution in [3.8, 4) is 0 Å². The van der Waals surface area contributed by atoms with Crippen LogP contribution < -0.4 is 0 Å². The van der Waals surface area contributed by atoms with Crippen LogP contribution in [0, 0.1) is 29.4 Å². The number of benzene rings is 2. The predicted molar refractivity (Wildman–Crippen MR) is 114 cm³/mol. The van der Waals surface area contributed by atoms with Gasteiger partial charge in [-0.15, -0.1) is 0 Å². The summed E-state index contributed by atoms with van der Waals surface area (Å²) in [6.45, 7) is 2.34. The monoisotopic (exact) mass is 384 g/mol. The highest BCUT2D eigenvalue weighted by atomic mass is 19.2. The van der Waals surface area contributed by atoms with E-state index in [0.29, 0.717) is 11.3 Å². The molecule has 2 aromatic rings.